The van der Waals surface area contributed by atoms with Crippen LogP contribution in [0.25, 0.3) is 0 Å². The van der Waals surface area contributed by atoms with Gasteiger partial charge in [0.05, 0.1) is 0 Å². The molecule has 0 amide bonds. The fourth-order valence-electron chi connectivity index (χ4n) is 1.15. The number of benzene rings is 2. The van der Waals surface area contributed by atoms with Gasteiger partial charge in [-0.15, -0.1) is 0 Å². The van der Waals surface area contributed by atoms with Crippen LogP contribution in [0.1, 0.15) is 0 Å². The van der Waals surface area contributed by atoms with E-state index >= 15 is 0 Å². The largest absolute Gasteiger partial charge is 0.158 e. The third kappa shape index (κ3) is 2.39. The molecule has 2 aromatic rings. The van der Waals surface area contributed by atoms with Crippen LogP contribution in [-0.2, 0) is 11.8 Å². The van der Waals surface area contributed by atoms with E-state index in [1.807, 2.05) is 12.1 Å². The minimum Gasteiger partial charge on any atom is -0.0619 e. The van der Waals surface area contributed by atoms with Crippen LogP contribution in [0.2, 0.25) is 0 Å². The van der Waals surface area contributed by atoms with Gasteiger partial charge in [0.1, 0.15) is 0 Å². The number of thiol groups is 1. The molecule has 0 saturated carbocycles. The van der Waals surface area contributed by atoms with Crippen molar-refractivity contribution in [3.05, 3.63) is 60.7 Å². The minimum atomic E-state index is 0. The smallest absolute Gasteiger partial charge is 0.0619 e. The second-order valence-corrected chi connectivity index (χ2v) is 4.04. The van der Waals surface area contributed by atoms with Gasteiger partial charge in [0, 0.05) is 11.8 Å². The summed E-state index contributed by atoms with van der Waals surface area (Å²) in [7, 11) is 0. The molecule has 0 aromatic heterocycles. The van der Waals surface area contributed by atoms with E-state index < -0.39 is 0 Å². The molecule has 0 aliphatic carbocycles. The number of rotatable bonds is 2. The van der Waals surface area contributed by atoms with Crippen LogP contribution >= 0.6 is 0 Å². The van der Waals surface area contributed by atoms with Crippen LogP contribution in [0.5, 0.6) is 0 Å². The maximum Gasteiger partial charge on any atom is 0.158 e. The van der Waals surface area contributed by atoms with E-state index in [2.05, 4.69) is 48.5 Å². The summed E-state index contributed by atoms with van der Waals surface area (Å²) in [5.74, 6) is 0. The molecule has 2 heteroatoms. The van der Waals surface area contributed by atoms with Gasteiger partial charge >= 0.3 is 0 Å². The Labute approximate surface area is 82.6 Å². The fourth-order valence-corrected chi connectivity index (χ4v) is 2.09. The minimum absolute atomic E-state index is 0. The van der Waals surface area contributed by atoms with Gasteiger partial charge in [0.15, 0.2) is 9.79 Å². The SMILES string of the molecule is [Rf].c1ccc([SH+]c2ccccc2)cc1. The van der Waals surface area contributed by atoms with Crippen molar-refractivity contribution in [1.82, 2.24) is 0 Å². The molecular formula is C12H11RfS+. The van der Waals surface area contributed by atoms with Crippen LogP contribution in [0.4, 0.5) is 0 Å². The molecular weight excluding hydrogens is 443 g/mol. The molecule has 0 atom stereocenters. The molecule has 0 heterocycles. The standard InChI is InChI=1S/C12H10S.Rf/c1-3-7-11(8-4-1)13-12-9-5-2-6-10-12;/h1-10H;/p+1. The first-order valence-electron chi connectivity index (χ1n) is 4.27. The van der Waals surface area contributed by atoms with Crippen molar-refractivity contribution in [3.63, 3.8) is 0 Å². The van der Waals surface area contributed by atoms with Gasteiger partial charge < -0.3 is 0 Å². The van der Waals surface area contributed by atoms with Crippen LogP contribution < -0.4 is 0 Å². The van der Waals surface area contributed by atoms with Crippen molar-refractivity contribution in [1.29, 1.82) is 0 Å². The average Bonchev–Trinajstić information content (AvgIpc) is 2.21. The predicted molar refractivity (Wildman–Crippen MR) is 58.2 cm³/mol. The number of hydrogen-bond donors (Lipinski definition) is 0. The Morgan fingerprint density at radius 2 is 0.929 bits per heavy atom. The van der Waals surface area contributed by atoms with Gasteiger partial charge in [-0.1, -0.05) is 36.4 Å². The molecule has 0 saturated heterocycles. The molecule has 0 fully saturated rings. The molecule has 14 heavy (non-hydrogen) atoms. The summed E-state index contributed by atoms with van der Waals surface area (Å²) >= 11 is 1.28. The van der Waals surface area contributed by atoms with Crippen LogP contribution in [0.3, 0.4) is 0 Å². The summed E-state index contributed by atoms with van der Waals surface area (Å²) in [6.45, 7) is 0. The van der Waals surface area contributed by atoms with Crippen molar-refractivity contribution in [2.45, 2.75) is 9.79 Å². The molecule has 0 aliphatic rings. The molecule has 0 bridgehead atoms. The van der Waals surface area contributed by atoms with E-state index in [-0.39, 0.29) is 0 Å². The maximum absolute atomic E-state index is 2.15. The Balaban J connectivity index is 0.000000980. The molecule has 66 valence electrons. The number of hydrogen-bond acceptors (Lipinski definition) is 0. The topological polar surface area (TPSA) is 0 Å². The fraction of sp³-hybridized carbons (Fsp3) is 0. The third-order valence-electron chi connectivity index (χ3n) is 1.77. The maximum atomic E-state index is 2.15. The van der Waals surface area contributed by atoms with Gasteiger partial charge in [-0.05, 0) is 24.3 Å². The molecule has 0 N–H and O–H groups in total. The van der Waals surface area contributed by atoms with Gasteiger partial charge in [0.2, 0.25) is 0 Å². The summed E-state index contributed by atoms with van der Waals surface area (Å²) in [6, 6.07) is 21.0. The predicted octanol–water partition coefficient (Wildman–Crippen LogP) is 2.92. The normalized spacial score (nSPS) is 9.14. The Hall–Kier alpha value is -2.21. The summed E-state index contributed by atoms with van der Waals surface area (Å²) in [5, 5.41) is 0. The average molecular weight is 454 g/mol. The first kappa shape index (κ1) is 9.87. The molecule has 0 unspecified atom stereocenters. The van der Waals surface area contributed by atoms with E-state index in [1.165, 1.54) is 21.6 Å². The summed E-state index contributed by atoms with van der Waals surface area (Å²) in [6.07, 6.45) is 0. The van der Waals surface area contributed by atoms with E-state index in [4.69, 9.17) is 0 Å². The Morgan fingerprint density at radius 1 is 0.571 bits per heavy atom. The van der Waals surface area contributed by atoms with Crippen molar-refractivity contribution in [2.24, 2.45) is 0 Å². The summed E-state index contributed by atoms with van der Waals surface area (Å²) in [4.78, 5) is 2.68. The van der Waals surface area contributed by atoms with Gasteiger partial charge in [-0.25, -0.2) is 0 Å². The summed E-state index contributed by atoms with van der Waals surface area (Å²) < 4.78 is 0. The van der Waals surface area contributed by atoms with Crippen LogP contribution in [-0.4, -0.2) is 0 Å². The zero-order valence-corrected chi connectivity index (χ0v) is 15.2. The van der Waals surface area contributed by atoms with E-state index in [0.29, 0.717) is 0 Å². The summed E-state index contributed by atoms with van der Waals surface area (Å²) in [5.41, 5.74) is 0. The second-order valence-electron chi connectivity index (χ2n) is 2.78. The van der Waals surface area contributed by atoms with Gasteiger partial charge in [0.25, 0.3) is 0 Å². The van der Waals surface area contributed by atoms with Crippen molar-refractivity contribution in [2.75, 3.05) is 0 Å². The molecule has 2 aromatic carbocycles. The van der Waals surface area contributed by atoms with Crippen molar-refractivity contribution >= 4 is 11.8 Å². The van der Waals surface area contributed by atoms with E-state index in [9.17, 15) is 0 Å². The van der Waals surface area contributed by atoms with Crippen LogP contribution in [0, 0.1) is 0 Å². The molecule has 2 rings (SSSR count). The molecule has 0 spiro atoms. The zero-order chi connectivity index (χ0) is 8.93. The quantitative estimate of drug-likeness (QED) is 0.484. The molecule has 0 radical (unpaired) electrons. The zero-order valence-electron chi connectivity index (χ0n) is 7.93. The van der Waals surface area contributed by atoms with E-state index in [1.54, 1.807) is 0 Å². The third-order valence-corrected chi connectivity index (χ3v) is 2.88. The first-order chi connectivity index (χ1) is 6.45. The Bertz CT molecular complexity index is 321. The van der Waals surface area contributed by atoms with Gasteiger partial charge in [-0.3, -0.25) is 0 Å². The Morgan fingerprint density at radius 3 is 1.29 bits per heavy atom. The van der Waals surface area contributed by atoms with E-state index in [0.717, 1.165) is 0 Å². The molecule has 0 aliphatic heterocycles. The van der Waals surface area contributed by atoms with Crippen molar-refractivity contribution in [3.8, 4) is 0 Å². The molecule has 0 nitrogen and oxygen atoms in total. The van der Waals surface area contributed by atoms with Crippen LogP contribution in [0.15, 0.2) is 70.5 Å². The van der Waals surface area contributed by atoms with Crippen molar-refractivity contribution < 1.29 is 0 Å². The van der Waals surface area contributed by atoms with Gasteiger partial charge in [-0.2, -0.15) is 0 Å². The first-order valence-corrected chi connectivity index (χ1v) is 5.16. The second kappa shape index (κ2) is 4.73. The monoisotopic (exact) mass is 454 g/mol. The Kier molecular flexibility index (Phi) is 3.33.